The highest BCUT2D eigenvalue weighted by atomic mass is 32.2. The van der Waals surface area contributed by atoms with Crippen LogP contribution < -0.4 is 10.3 Å². The van der Waals surface area contributed by atoms with Crippen LogP contribution in [0.3, 0.4) is 0 Å². The quantitative estimate of drug-likeness (QED) is 0.323. The van der Waals surface area contributed by atoms with Gasteiger partial charge in [0.05, 0.1) is 35.8 Å². The Labute approximate surface area is 233 Å². The maximum Gasteiger partial charge on any atom is 0.279 e. The van der Waals surface area contributed by atoms with E-state index in [9.17, 15) is 13.2 Å². The number of likely N-dealkylation sites (N-methyl/N-ethyl adjacent to an activating group) is 1. The molecule has 0 spiro atoms. The van der Waals surface area contributed by atoms with Gasteiger partial charge in [0.1, 0.15) is 16.2 Å². The van der Waals surface area contributed by atoms with Gasteiger partial charge in [0, 0.05) is 32.4 Å². The maximum absolute atomic E-state index is 13.6. The summed E-state index contributed by atoms with van der Waals surface area (Å²) in [4.78, 5) is 31.8. The Kier molecular flexibility index (Phi) is 7.97. The number of aromatic amines is 1. The number of H-pyrrole nitrogens is 1. The molecule has 0 aromatic carbocycles. The van der Waals surface area contributed by atoms with E-state index in [0.717, 1.165) is 17.9 Å². The highest BCUT2D eigenvalue weighted by molar-refractivity contribution is 7.89. The second-order valence-electron chi connectivity index (χ2n) is 9.92. The zero-order valence-electron chi connectivity index (χ0n) is 23.2. The second kappa shape index (κ2) is 11.4. The van der Waals surface area contributed by atoms with E-state index in [2.05, 4.69) is 31.9 Å². The largest absolute Gasteiger partial charge is 0.474 e. The molecule has 40 heavy (non-hydrogen) atoms. The van der Waals surface area contributed by atoms with E-state index in [1.807, 2.05) is 39.0 Å². The van der Waals surface area contributed by atoms with Crippen LogP contribution in [0, 0.1) is 0 Å². The lowest BCUT2D eigenvalue weighted by Gasteiger charge is -2.33. The molecule has 4 aromatic rings. The van der Waals surface area contributed by atoms with Crippen molar-refractivity contribution in [2.24, 2.45) is 0 Å². The van der Waals surface area contributed by atoms with Gasteiger partial charge in [-0.2, -0.15) is 9.40 Å². The number of hydrogen-bond acceptors (Lipinski definition) is 9. The van der Waals surface area contributed by atoms with Crippen molar-refractivity contribution in [3.05, 3.63) is 58.4 Å². The zero-order chi connectivity index (χ0) is 28.4. The van der Waals surface area contributed by atoms with Crippen LogP contribution in [-0.2, 0) is 23.0 Å². The van der Waals surface area contributed by atoms with Gasteiger partial charge in [0.25, 0.3) is 5.56 Å². The number of piperazine rings is 1. The van der Waals surface area contributed by atoms with Gasteiger partial charge in [0.15, 0.2) is 5.52 Å². The summed E-state index contributed by atoms with van der Waals surface area (Å²) < 4.78 is 36.3. The van der Waals surface area contributed by atoms with Gasteiger partial charge < -0.3 is 14.6 Å². The van der Waals surface area contributed by atoms with Crippen LogP contribution in [0.25, 0.3) is 22.4 Å². The van der Waals surface area contributed by atoms with Gasteiger partial charge in [0.2, 0.25) is 15.9 Å². The van der Waals surface area contributed by atoms with E-state index in [-0.39, 0.29) is 28.2 Å². The molecule has 1 fully saturated rings. The lowest BCUT2D eigenvalue weighted by Crippen LogP contribution is -2.48. The molecule has 4 aromatic heterocycles. The van der Waals surface area contributed by atoms with E-state index in [1.165, 1.54) is 16.6 Å². The third-order valence-electron chi connectivity index (χ3n) is 6.92. The van der Waals surface area contributed by atoms with Crippen molar-refractivity contribution in [3.63, 3.8) is 0 Å². The lowest BCUT2D eigenvalue weighted by atomic mass is 10.2. The molecule has 0 radical (unpaired) electrons. The maximum atomic E-state index is 13.6. The summed E-state index contributed by atoms with van der Waals surface area (Å²) in [7, 11) is -3.82. The van der Waals surface area contributed by atoms with Crippen LogP contribution >= 0.6 is 0 Å². The van der Waals surface area contributed by atoms with Gasteiger partial charge in [-0.05, 0) is 45.0 Å². The van der Waals surface area contributed by atoms with Gasteiger partial charge >= 0.3 is 0 Å². The fourth-order valence-electron chi connectivity index (χ4n) is 4.81. The van der Waals surface area contributed by atoms with Crippen molar-refractivity contribution >= 4 is 21.1 Å². The smallest absolute Gasteiger partial charge is 0.279 e. The van der Waals surface area contributed by atoms with Gasteiger partial charge in [-0.15, -0.1) is 0 Å². The molecule has 5 heterocycles. The number of aryl methyl sites for hydroxylation is 1. The predicted octanol–water partition coefficient (Wildman–Crippen LogP) is 2.30. The molecule has 1 aliphatic heterocycles. The third-order valence-corrected chi connectivity index (χ3v) is 8.78. The first-order chi connectivity index (χ1) is 19.2. The van der Waals surface area contributed by atoms with Crippen LogP contribution in [0.5, 0.6) is 5.88 Å². The summed E-state index contributed by atoms with van der Waals surface area (Å²) in [6.07, 6.45) is 3.35. The summed E-state index contributed by atoms with van der Waals surface area (Å²) in [6.45, 7) is 11.1. The average Bonchev–Trinajstić information content (AvgIpc) is 3.30. The Morgan fingerprint density at radius 2 is 1.85 bits per heavy atom. The topological polar surface area (TPSA) is 139 Å². The van der Waals surface area contributed by atoms with Gasteiger partial charge in [-0.3, -0.25) is 14.5 Å². The van der Waals surface area contributed by atoms with Gasteiger partial charge in [-0.1, -0.05) is 19.9 Å². The number of nitrogens with zero attached hydrogens (tertiary/aromatic N) is 7. The molecule has 212 valence electrons. The van der Waals surface area contributed by atoms with Gasteiger partial charge in [-0.25, -0.2) is 18.4 Å². The summed E-state index contributed by atoms with van der Waals surface area (Å²) in [5.41, 5.74) is 2.07. The predicted molar refractivity (Wildman–Crippen MR) is 151 cm³/mol. The van der Waals surface area contributed by atoms with Crippen LogP contribution in [0.4, 0.5) is 0 Å². The fourth-order valence-corrected chi connectivity index (χ4v) is 6.21. The molecular weight excluding hydrogens is 532 g/mol. The van der Waals surface area contributed by atoms with Crippen molar-refractivity contribution in [2.75, 3.05) is 32.7 Å². The van der Waals surface area contributed by atoms with E-state index in [1.54, 1.807) is 10.9 Å². The molecule has 1 aliphatic rings. The van der Waals surface area contributed by atoms with Crippen molar-refractivity contribution in [1.29, 1.82) is 0 Å². The number of sulfonamides is 1. The SMILES string of the molecule is CCc1c2nc(-c3cc(S(=O)(=O)N4CCN(CC)CC4)cnc3OC(C)C)[nH]c(=O)c2nn1Cc1ccccn1. The zero-order valence-corrected chi connectivity index (χ0v) is 24.0. The molecular formula is C27H34N8O4S. The van der Waals surface area contributed by atoms with E-state index >= 15 is 0 Å². The monoisotopic (exact) mass is 566 g/mol. The first kappa shape index (κ1) is 27.9. The number of fused-ring (bicyclic) bond motifs is 1. The summed E-state index contributed by atoms with van der Waals surface area (Å²) in [5.74, 6) is 0.353. The molecule has 0 bridgehead atoms. The Balaban J connectivity index is 1.60. The van der Waals surface area contributed by atoms with Crippen molar-refractivity contribution in [3.8, 4) is 17.3 Å². The Bertz CT molecular complexity index is 1660. The number of rotatable bonds is 9. The van der Waals surface area contributed by atoms with Crippen LogP contribution in [0.15, 0.2) is 46.3 Å². The molecule has 5 rings (SSSR count). The molecule has 0 amide bonds. The highest BCUT2D eigenvalue weighted by Crippen LogP contribution is 2.31. The molecule has 1 N–H and O–H groups in total. The summed E-state index contributed by atoms with van der Waals surface area (Å²) in [6, 6.07) is 7.12. The first-order valence-corrected chi connectivity index (χ1v) is 14.9. The minimum absolute atomic E-state index is 0.0212. The Hall–Kier alpha value is -3.68. The highest BCUT2D eigenvalue weighted by Gasteiger charge is 2.30. The fraction of sp³-hybridized carbons (Fsp3) is 0.444. The van der Waals surface area contributed by atoms with Crippen molar-refractivity contribution in [1.82, 2.24) is 38.9 Å². The molecule has 1 saturated heterocycles. The van der Waals surface area contributed by atoms with Crippen LogP contribution in [0.2, 0.25) is 0 Å². The van der Waals surface area contributed by atoms with Crippen molar-refractivity contribution in [2.45, 2.75) is 51.7 Å². The van der Waals surface area contributed by atoms with Crippen LogP contribution in [0.1, 0.15) is 39.1 Å². The molecule has 0 atom stereocenters. The number of pyridine rings is 2. The minimum atomic E-state index is -3.82. The molecule has 0 aliphatic carbocycles. The number of nitrogens with one attached hydrogen (secondary N) is 1. The molecule has 13 heteroatoms. The average molecular weight is 567 g/mol. The summed E-state index contributed by atoms with van der Waals surface area (Å²) in [5, 5.41) is 4.53. The van der Waals surface area contributed by atoms with E-state index in [4.69, 9.17) is 9.72 Å². The number of aromatic nitrogens is 6. The third kappa shape index (κ3) is 5.49. The summed E-state index contributed by atoms with van der Waals surface area (Å²) >= 11 is 0. The second-order valence-corrected chi connectivity index (χ2v) is 11.9. The first-order valence-electron chi connectivity index (χ1n) is 13.5. The number of hydrogen-bond donors (Lipinski definition) is 1. The van der Waals surface area contributed by atoms with Crippen LogP contribution in [-0.4, -0.2) is 86.2 Å². The van der Waals surface area contributed by atoms with E-state index < -0.39 is 15.6 Å². The molecule has 0 unspecified atom stereocenters. The lowest BCUT2D eigenvalue weighted by molar-refractivity contribution is 0.196. The number of ether oxygens (including phenoxy) is 1. The molecule has 0 saturated carbocycles. The Morgan fingerprint density at radius 3 is 2.50 bits per heavy atom. The minimum Gasteiger partial charge on any atom is -0.474 e. The standard InChI is InChI=1S/C27H34N8O4S/c1-5-22-23-24(32-35(22)17-19-9-7-8-10-28-19)26(36)31-25(30-23)21-15-20(16-29-27(21)39-18(3)4)40(37,38)34-13-11-33(6-2)12-14-34/h7-10,15-16,18H,5-6,11-14,17H2,1-4H3,(H,30,31,36). The van der Waals surface area contributed by atoms with E-state index in [0.29, 0.717) is 50.2 Å². The normalized spacial score (nSPS) is 15.2. The molecule has 12 nitrogen and oxygen atoms in total. The van der Waals surface area contributed by atoms with Crippen molar-refractivity contribution < 1.29 is 13.2 Å². The Morgan fingerprint density at radius 1 is 1.07 bits per heavy atom.